The van der Waals surface area contributed by atoms with Crippen LogP contribution in [0.15, 0.2) is 0 Å². The molecule has 2 heterocycles. The van der Waals surface area contributed by atoms with Crippen LogP contribution in [0.25, 0.3) is 0 Å². The zero-order chi connectivity index (χ0) is 13.6. The van der Waals surface area contributed by atoms with Gasteiger partial charge in [0.1, 0.15) is 0 Å². The molecule has 0 unspecified atom stereocenters. The van der Waals surface area contributed by atoms with Crippen LogP contribution in [0.3, 0.4) is 0 Å². The summed E-state index contributed by atoms with van der Waals surface area (Å²) in [6.45, 7) is 3.49. The quantitative estimate of drug-likeness (QED) is 0.856. The molecule has 2 aliphatic heterocycles. The molecule has 1 spiro atoms. The Labute approximate surface area is 120 Å². The molecule has 0 aromatic carbocycles. The molecule has 0 atom stereocenters. The molecule has 2 aliphatic carbocycles. The summed E-state index contributed by atoms with van der Waals surface area (Å²) in [6.07, 6.45) is 7.46. The van der Waals surface area contributed by atoms with Crippen molar-refractivity contribution < 1.29 is 14.3 Å². The average molecular weight is 280 g/mol. The van der Waals surface area contributed by atoms with Gasteiger partial charge in [0, 0.05) is 19.5 Å². The van der Waals surface area contributed by atoms with Gasteiger partial charge in [0.2, 0.25) is 0 Å². The van der Waals surface area contributed by atoms with Crippen molar-refractivity contribution in [3.8, 4) is 0 Å². The number of ether oxygens (including phenoxy) is 2. The molecule has 4 fully saturated rings. The largest absolute Gasteiger partial charge is 0.346 e. The van der Waals surface area contributed by atoms with Gasteiger partial charge in [-0.05, 0) is 37.0 Å². The van der Waals surface area contributed by atoms with Crippen molar-refractivity contribution in [1.82, 2.24) is 10.2 Å². The highest BCUT2D eigenvalue weighted by Crippen LogP contribution is 2.56. The second-order valence-corrected chi connectivity index (χ2v) is 6.93. The Morgan fingerprint density at radius 1 is 1.20 bits per heavy atom. The number of carbonyl (C=O) groups is 1. The van der Waals surface area contributed by atoms with Crippen LogP contribution in [0.4, 0.5) is 4.79 Å². The number of rotatable bonds is 3. The molecular formula is C15H24N2O3. The summed E-state index contributed by atoms with van der Waals surface area (Å²) >= 11 is 0. The first-order chi connectivity index (χ1) is 9.72. The Kier molecular flexibility index (Phi) is 2.96. The van der Waals surface area contributed by atoms with E-state index in [0.717, 1.165) is 25.4 Å². The predicted molar refractivity (Wildman–Crippen MR) is 73.2 cm³/mol. The molecule has 5 heteroatoms. The minimum Gasteiger partial charge on any atom is -0.346 e. The van der Waals surface area contributed by atoms with Crippen molar-refractivity contribution in [2.24, 2.45) is 11.3 Å². The summed E-state index contributed by atoms with van der Waals surface area (Å²) < 4.78 is 11.3. The molecular weight excluding hydrogens is 256 g/mol. The minimum absolute atomic E-state index is 0.0629. The van der Waals surface area contributed by atoms with Gasteiger partial charge < -0.3 is 19.7 Å². The number of likely N-dealkylation sites (tertiary alicyclic amines) is 1. The molecule has 2 saturated heterocycles. The van der Waals surface area contributed by atoms with Gasteiger partial charge in [-0.15, -0.1) is 0 Å². The van der Waals surface area contributed by atoms with Crippen molar-refractivity contribution in [3.05, 3.63) is 0 Å². The van der Waals surface area contributed by atoms with Crippen molar-refractivity contribution in [1.29, 1.82) is 0 Å². The Morgan fingerprint density at radius 2 is 1.95 bits per heavy atom. The maximum atomic E-state index is 12.3. The third-order valence-electron chi connectivity index (χ3n) is 5.68. The second-order valence-electron chi connectivity index (χ2n) is 6.93. The van der Waals surface area contributed by atoms with Gasteiger partial charge in [0.25, 0.3) is 0 Å². The van der Waals surface area contributed by atoms with E-state index in [1.54, 1.807) is 0 Å². The molecule has 1 N–H and O–H groups in total. The molecule has 5 nitrogen and oxygen atoms in total. The van der Waals surface area contributed by atoms with Gasteiger partial charge in [-0.1, -0.05) is 6.42 Å². The van der Waals surface area contributed by atoms with Crippen LogP contribution >= 0.6 is 0 Å². The lowest BCUT2D eigenvalue weighted by Gasteiger charge is -2.43. The average Bonchev–Trinajstić information content (AvgIpc) is 3.01. The van der Waals surface area contributed by atoms with Gasteiger partial charge in [0.05, 0.1) is 19.8 Å². The Bertz CT molecular complexity index is 398. The van der Waals surface area contributed by atoms with Crippen LogP contribution in [0.2, 0.25) is 0 Å². The summed E-state index contributed by atoms with van der Waals surface area (Å²) in [6, 6.07) is 0.0629. The number of hydrogen-bond acceptors (Lipinski definition) is 3. The van der Waals surface area contributed by atoms with Gasteiger partial charge in [0.15, 0.2) is 5.79 Å². The molecule has 0 radical (unpaired) electrons. The number of nitrogens with zero attached hydrogens (tertiary/aromatic N) is 1. The van der Waals surface area contributed by atoms with Crippen LogP contribution in [-0.4, -0.2) is 49.6 Å². The van der Waals surface area contributed by atoms with E-state index in [2.05, 4.69) is 5.32 Å². The maximum absolute atomic E-state index is 12.3. The summed E-state index contributed by atoms with van der Waals surface area (Å²) in [4.78, 5) is 14.2. The molecule has 4 rings (SSSR count). The maximum Gasteiger partial charge on any atom is 0.317 e. The third-order valence-corrected chi connectivity index (χ3v) is 5.68. The van der Waals surface area contributed by atoms with E-state index in [4.69, 9.17) is 9.47 Å². The third kappa shape index (κ3) is 2.11. The van der Waals surface area contributed by atoms with Crippen LogP contribution in [0, 0.1) is 11.3 Å². The zero-order valence-electron chi connectivity index (χ0n) is 12.0. The highest BCUT2D eigenvalue weighted by Gasteiger charge is 2.50. The number of urea groups is 1. The lowest BCUT2D eigenvalue weighted by Crippen LogP contribution is -2.48. The van der Waals surface area contributed by atoms with E-state index in [-0.39, 0.29) is 6.03 Å². The standard InChI is InChI=1S/C15H24N2O3/c18-13(16-10-14(4-1-5-14)12-2-3-12)17-7-6-15(11-17)19-8-9-20-15/h12H,1-11H2,(H,16,18). The van der Waals surface area contributed by atoms with Crippen molar-refractivity contribution in [3.63, 3.8) is 0 Å². The summed E-state index contributed by atoms with van der Waals surface area (Å²) in [7, 11) is 0. The monoisotopic (exact) mass is 280 g/mol. The first-order valence-electron chi connectivity index (χ1n) is 8.02. The lowest BCUT2D eigenvalue weighted by atomic mass is 9.65. The Balaban J connectivity index is 1.30. The van der Waals surface area contributed by atoms with Crippen molar-refractivity contribution >= 4 is 6.03 Å². The summed E-state index contributed by atoms with van der Waals surface area (Å²) in [5, 5.41) is 3.17. The van der Waals surface area contributed by atoms with E-state index in [1.807, 2.05) is 4.90 Å². The molecule has 2 saturated carbocycles. The number of hydrogen-bond donors (Lipinski definition) is 1. The fourth-order valence-corrected chi connectivity index (χ4v) is 4.08. The topological polar surface area (TPSA) is 50.8 Å². The van der Waals surface area contributed by atoms with Crippen LogP contribution in [0.5, 0.6) is 0 Å². The summed E-state index contributed by atoms with van der Waals surface area (Å²) in [5.74, 6) is 0.380. The predicted octanol–water partition coefficient (Wildman–Crippen LogP) is 1.73. The van der Waals surface area contributed by atoms with Gasteiger partial charge in [-0.2, -0.15) is 0 Å². The summed E-state index contributed by atoms with van der Waals surface area (Å²) in [5.41, 5.74) is 0.438. The van der Waals surface area contributed by atoms with E-state index in [1.165, 1.54) is 32.1 Å². The van der Waals surface area contributed by atoms with Gasteiger partial charge in [-0.25, -0.2) is 4.79 Å². The first-order valence-corrected chi connectivity index (χ1v) is 8.02. The number of nitrogens with one attached hydrogen (secondary N) is 1. The lowest BCUT2D eigenvalue weighted by molar-refractivity contribution is -0.143. The van der Waals surface area contributed by atoms with Gasteiger partial charge in [-0.3, -0.25) is 0 Å². The molecule has 2 amide bonds. The number of carbonyl (C=O) groups excluding carboxylic acids is 1. The normalized spacial score (nSPS) is 30.5. The fourth-order valence-electron chi connectivity index (χ4n) is 4.08. The number of amides is 2. The Morgan fingerprint density at radius 3 is 2.55 bits per heavy atom. The van der Waals surface area contributed by atoms with E-state index in [9.17, 15) is 4.79 Å². The fraction of sp³-hybridized carbons (Fsp3) is 0.933. The van der Waals surface area contributed by atoms with E-state index < -0.39 is 5.79 Å². The van der Waals surface area contributed by atoms with Gasteiger partial charge >= 0.3 is 6.03 Å². The van der Waals surface area contributed by atoms with Crippen LogP contribution < -0.4 is 5.32 Å². The molecule has 0 bridgehead atoms. The molecule has 0 aromatic rings. The minimum atomic E-state index is -0.498. The highest BCUT2D eigenvalue weighted by molar-refractivity contribution is 5.74. The smallest absolute Gasteiger partial charge is 0.317 e. The molecule has 112 valence electrons. The van der Waals surface area contributed by atoms with Crippen LogP contribution in [-0.2, 0) is 9.47 Å². The van der Waals surface area contributed by atoms with E-state index >= 15 is 0 Å². The van der Waals surface area contributed by atoms with E-state index in [0.29, 0.717) is 25.2 Å². The molecule has 20 heavy (non-hydrogen) atoms. The van der Waals surface area contributed by atoms with Crippen molar-refractivity contribution in [2.75, 3.05) is 32.8 Å². The zero-order valence-corrected chi connectivity index (χ0v) is 12.0. The van der Waals surface area contributed by atoms with Crippen LogP contribution in [0.1, 0.15) is 38.5 Å². The first kappa shape index (κ1) is 12.9. The SMILES string of the molecule is O=C(NCC1(C2CC2)CCC1)N1CCC2(C1)OCCO2. The molecule has 4 aliphatic rings. The second kappa shape index (κ2) is 4.60. The molecule has 0 aromatic heterocycles. The Hall–Kier alpha value is -0.810. The highest BCUT2D eigenvalue weighted by atomic mass is 16.7. The van der Waals surface area contributed by atoms with Crippen molar-refractivity contribution in [2.45, 2.75) is 44.3 Å².